The van der Waals surface area contributed by atoms with E-state index in [0.717, 1.165) is 0 Å². The summed E-state index contributed by atoms with van der Waals surface area (Å²) in [6.45, 7) is 1.55. The van der Waals surface area contributed by atoms with Crippen LogP contribution in [-0.4, -0.2) is 43.7 Å². The molecular weight excluding hydrogens is 266 g/mol. The molecule has 1 aliphatic heterocycles. The van der Waals surface area contributed by atoms with Crippen LogP contribution in [0, 0.1) is 10.1 Å². The lowest BCUT2D eigenvalue weighted by Gasteiger charge is -2.23. The van der Waals surface area contributed by atoms with E-state index in [1.54, 1.807) is 0 Å². The molecule has 2 N–H and O–H groups in total. The minimum absolute atomic E-state index is 0.121. The first-order valence-corrected chi connectivity index (χ1v) is 6.07. The summed E-state index contributed by atoms with van der Waals surface area (Å²) in [5.41, 5.74) is 0.129. The van der Waals surface area contributed by atoms with Gasteiger partial charge in [0, 0.05) is 25.2 Å². The molecular formula is C12H15N3O5. The van der Waals surface area contributed by atoms with Crippen molar-refractivity contribution < 1.29 is 19.2 Å². The summed E-state index contributed by atoms with van der Waals surface area (Å²) >= 11 is 0. The van der Waals surface area contributed by atoms with Gasteiger partial charge in [-0.15, -0.1) is 0 Å². The number of hydrogen-bond donors (Lipinski definition) is 2. The van der Waals surface area contributed by atoms with Crippen molar-refractivity contribution >= 4 is 17.3 Å². The van der Waals surface area contributed by atoms with Gasteiger partial charge in [0.2, 0.25) is 0 Å². The molecule has 0 saturated carbocycles. The van der Waals surface area contributed by atoms with Gasteiger partial charge in [-0.3, -0.25) is 14.9 Å². The van der Waals surface area contributed by atoms with Crippen LogP contribution in [0.2, 0.25) is 0 Å². The van der Waals surface area contributed by atoms with Crippen LogP contribution in [0.25, 0.3) is 0 Å². The molecule has 0 aromatic heterocycles. The van der Waals surface area contributed by atoms with E-state index in [1.165, 1.54) is 25.3 Å². The van der Waals surface area contributed by atoms with Crippen molar-refractivity contribution in [3.8, 4) is 5.75 Å². The number of non-ortho nitro benzene ring substituents is 1. The van der Waals surface area contributed by atoms with Crippen LogP contribution in [0.15, 0.2) is 18.2 Å². The highest BCUT2D eigenvalue weighted by atomic mass is 16.6. The molecule has 0 spiro atoms. The third-order valence-electron chi connectivity index (χ3n) is 2.87. The second kappa shape index (κ2) is 6.31. The zero-order chi connectivity index (χ0) is 14.5. The van der Waals surface area contributed by atoms with Crippen LogP contribution in [0.3, 0.4) is 0 Å². The number of nitro benzene ring substituents is 1. The minimum atomic E-state index is -0.618. The summed E-state index contributed by atoms with van der Waals surface area (Å²) in [6, 6.07) is 4.01. The van der Waals surface area contributed by atoms with E-state index in [-0.39, 0.29) is 17.3 Å². The van der Waals surface area contributed by atoms with Gasteiger partial charge in [-0.25, -0.2) is 0 Å². The smallest absolute Gasteiger partial charge is 0.271 e. The summed E-state index contributed by atoms with van der Waals surface area (Å²) in [5.74, 6) is -0.0104. The molecule has 0 bridgehead atoms. The Kier molecular flexibility index (Phi) is 4.49. The number of carbonyl (C=O) groups is 1. The Labute approximate surface area is 115 Å². The molecule has 8 heteroatoms. The van der Waals surface area contributed by atoms with Crippen molar-refractivity contribution in [1.82, 2.24) is 5.32 Å². The van der Waals surface area contributed by atoms with E-state index >= 15 is 0 Å². The lowest BCUT2D eigenvalue weighted by molar-refractivity contribution is -0.384. The average Bonchev–Trinajstić information content (AvgIpc) is 2.48. The first-order chi connectivity index (χ1) is 9.61. The number of nitrogens with one attached hydrogen (secondary N) is 2. The van der Waals surface area contributed by atoms with Gasteiger partial charge in [0.15, 0.2) is 0 Å². The highest BCUT2D eigenvalue weighted by Crippen LogP contribution is 2.29. The van der Waals surface area contributed by atoms with Gasteiger partial charge in [0.05, 0.1) is 24.3 Å². The first kappa shape index (κ1) is 14.2. The number of hydrogen-bond acceptors (Lipinski definition) is 6. The number of nitrogens with zero attached hydrogens (tertiary/aromatic N) is 1. The van der Waals surface area contributed by atoms with Gasteiger partial charge < -0.3 is 20.1 Å². The summed E-state index contributed by atoms with van der Waals surface area (Å²) in [6.07, 6.45) is -0.618. The van der Waals surface area contributed by atoms with Gasteiger partial charge in [-0.05, 0) is 6.07 Å². The number of rotatable bonds is 4. The molecule has 1 aromatic carbocycles. The maximum Gasteiger partial charge on any atom is 0.271 e. The SMILES string of the molecule is COc1ccc([N+](=O)[O-])cc1NC(=O)C1CNCCO1. The second-order valence-corrected chi connectivity index (χ2v) is 4.19. The fraction of sp³-hybridized carbons (Fsp3) is 0.417. The predicted octanol–water partition coefficient (Wildman–Crippen LogP) is 0.530. The van der Waals surface area contributed by atoms with Crippen molar-refractivity contribution in [2.24, 2.45) is 0 Å². The molecule has 1 aliphatic rings. The molecule has 1 fully saturated rings. The molecule has 1 aromatic rings. The number of ether oxygens (including phenoxy) is 2. The molecule has 1 saturated heterocycles. The van der Waals surface area contributed by atoms with Crippen molar-refractivity contribution in [2.75, 3.05) is 32.1 Å². The van der Waals surface area contributed by atoms with E-state index in [0.29, 0.717) is 25.4 Å². The summed E-state index contributed by atoms with van der Waals surface area (Å²) in [7, 11) is 1.43. The molecule has 1 heterocycles. The van der Waals surface area contributed by atoms with Gasteiger partial charge in [0.1, 0.15) is 11.9 Å². The van der Waals surface area contributed by atoms with E-state index in [2.05, 4.69) is 10.6 Å². The molecule has 108 valence electrons. The second-order valence-electron chi connectivity index (χ2n) is 4.19. The normalized spacial score (nSPS) is 18.4. The van der Waals surface area contributed by atoms with Crippen molar-refractivity contribution in [2.45, 2.75) is 6.10 Å². The van der Waals surface area contributed by atoms with Gasteiger partial charge >= 0.3 is 0 Å². The number of morpholine rings is 1. The molecule has 1 amide bonds. The largest absolute Gasteiger partial charge is 0.495 e. The van der Waals surface area contributed by atoms with Crippen molar-refractivity contribution in [3.63, 3.8) is 0 Å². The fourth-order valence-corrected chi connectivity index (χ4v) is 1.85. The number of anilines is 1. The van der Waals surface area contributed by atoms with Crippen molar-refractivity contribution in [3.05, 3.63) is 28.3 Å². The van der Waals surface area contributed by atoms with Crippen LogP contribution in [0.5, 0.6) is 5.75 Å². The van der Waals surface area contributed by atoms with Gasteiger partial charge in [0.25, 0.3) is 11.6 Å². The average molecular weight is 281 g/mol. The molecule has 0 aliphatic carbocycles. The number of amides is 1. The fourth-order valence-electron chi connectivity index (χ4n) is 1.85. The number of benzene rings is 1. The third-order valence-corrected chi connectivity index (χ3v) is 2.87. The quantitative estimate of drug-likeness (QED) is 0.616. The van der Waals surface area contributed by atoms with Crippen LogP contribution < -0.4 is 15.4 Å². The predicted molar refractivity (Wildman–Crippen MR) is 70.9 cm³/mol. The number of carbonyl (C=O) groups excluding carboxylic acids is 1. The summed E-state index contributed by atoms with van der Waals surface area (Å²) in [4.78, 5) is 22.2. The van der Waals surface area contributed by atoms with Crippen molar-refractivity contribution in [1.29, 1.82) is 0 Å². The lowest BCUT2D eigenvalue weighted by Crippen LogP contribution is -2.45. The lowest BCUT2D eigenvalue weighted by atomic mass is 10.2. The molecule has 8 nitrogen and oxygen atoms in total. The Morgan fingerprint density at radius 3 is 3.00 bits per heavy atom. The maximum absolute atomic E-state index is 12.0. The number of nitro groups is 1. The molecule has 1 unspecified atom stereocenters. The van der Waals surface area contributed by atoms with Gasteiger partial charge in [-0.2, -0.15) is 0 Å². The Balaban J connectivity index is 2.15. The molecule has 2 rings (SSSR count). The summed E-state index contributed by atoms with van der Waals surface area (Å²) in [5, 5.41) is 16.4. The Bertz CT molecular complexity index is 514. The topological polar surface area (TPSA) is 103 Å². The molecule has 1 atom stereocenters. The van der Waals surface area contributed by atoms with Gasteiger partial charge in [-0.1, -0.05) is 0 Å². The highest BCUT2D eigenvalue weighted by molar-refractivity contribution is 5.96. The van der Waals surface area contributed by atoms with E-state index in [9.17, 15) is 14.9 Å². The van der Waals surface area contributed by atoms with Crippen LogP contribution >= 0.6 is 0 Å². The molecule has 20 heavy (non-hydrogen) atoms. The standard InChI is InChI=1S/C12H15N3O5/c1-19-10-3-2-8(15(17)18)6-9(10)14-12(16)11-7-13-4-5-20-11/h2-3,6,11,13H,4-5,7H2,1H3,(H,14,16). The monoisotopic (exact) mass is 281 g/mol. The van der Waals surface area contributed by atoms with Crippen LogP contribution in [0.1, 0.15) is 0 Å². The Morgan fingerprint density at radius 1 is 1.60 bits per heavy atom. The molecule has 0 radical (unpaired) electrons. The first-order valence-electron chi connectivity index (χ1n) is 6.07. The van der Waals surface area contributed by atoms with E-state index in [4.69, 9.17) is 9.47 Å². The minimum Gasteiger partial charge on any atom is -0.495 e. The van der Waals surface area contributed by atoms with E-state index < -0.39 is 11.0 Å². The Hall–Kier alpha value is -2.19. The number of methoxy groups -OCH3 is 1. The van der Waals surface area contributed by atoms with E-state index in [1.807, 2.05) is 0 Å². The van der Waals surface area contributed by atoms with Crippen LogP contribution in [-0.2, 0) is 9.53 Å². The zero-order valence-electron chi connectivity index (χ0n) is 10.9. The Morgan fingerprint density at radius 2 is 2.40 bits per heavy atom. The highest BCUT2D eigenvalue weighted by Gasteiger charge is 2.23. The third kappa shape index (κ3) is 3.22. The van der Waals surface area contributed by atoms with Crippen LogP contribution in [0.4, 0.5) is 11.4 Å². The maximum atomic E-state index is 12.0. The zero-order valence-corrected chi connectivity index (χ0v) is 10.9. The summed E-state index contributed by atoms with van der Waals surface area (Å²) < 4.78 is 10.4.